The molecule has 1 aliphatic heterocycles. The van der Waals surface area contributed by atoms with E-state index in [2.05, 4.69) is 17.4 Å². The predicted molar refractivity (Wildman–Crippen MR) is 76.4 cm³/mol. The SMILES string of the molecule is CS(=O)(=O)c1cc(C2CNC2)ccc1C1CCCC1. The van der Waals surface area contributed by atoms with Crippen molar-refractivity contribution < 1.29 is 8.42 Å². The largest absolute Gasteiger partial charge is 0.315 e. The van der Waals surface area contributed by atoms with Gasteiger partial charge in [-0.05, 0) is 36.0 Å². The van der Waals surface area contributed by atoms with Crippen molar-refractivity contribution in [3.8, 4) is 0 Å². The Morgan fingerprint density at radius 2 is 1.79 bits per heavy atom. The van der Waals surface area contributed by atoms with E-state index >= 15 is 0 Å². The average molecular weight is 279 g/mol. The van der Waals surface area contributed by atoms with Gasteiger partial charge in [0.15, 0.2) is 9.84 Å². The summed E-state index contributed by atoms with van der Waals surface area (Å²) in [5.41, 5.74) is 2.22. The first-order chi connectivity index (χ1) is 9.05. The summed E-state index contributed by atoms with van der Waals surface area (Å²) >= 11 is 0. The topological polar surface area (TPSA) is 46.2 Å². The summed E-state index contributed by atoms with van der Waals surface area (Å²) in [7, 11) is -3.13. The van der Waals surface area contributed by atoms with Crippen molar-refractivity contribution in [2.45, 2.75) is 42.4 Å². The Kier molecular flexibility index (Phi) is 3.39. The molecule has 104 valence electrons. The molecule has 2 fully saturated rings. The summed E-state index contributed by atoms with van der Waals surface area (Å²) in [5.74, 6) is 0.927. The van der Waals surface area contributed by atoms with Crippen LogP contribution in [0, 0.1) is 0 Å². The fourth-order valence-corrected chi connectivity index (χ4v) is 4.24. The minimum atomic E-state index is -3.13. The number of hydrogen-bond acceptors (Lipinski definition) is 3. The summed E-state index contributed by atoms with van der Waals surface area (Å²) in [6, 6.07) is 6.13. The van der Waals surface area contributed by atoms with Crippen molar-refractivity contribution in [3.63, 3.8) is 0 Å². The predicted octanol–water partition coefficient (Wildman–Crippen LogP) is 2.43. The molecule has 1 heterocycles. The van der Waals surface area contributed by atoms with Crippen molar-refractivity contribution >= 4 is 9.84 Å². The third kappa shape index (κ3) is 2.56. The van der Waals surface area contributed by atoms with Gasteiger partial charge in [-0.1, -0.05) is 25.0 Å². The monoisotopic (exact) mass is 279 g/mol. The van der Waals surface area contributed by atoms with E-state index in [1.807, 2.05) is 6.07 Å². The van der Waals surface area contributed by atoms with Gasteiger partial charge in [-0.15, -0.1) is 0 Å². The number of sulfone groups is 1. The molecular weight excluding hydrogens is 258 g/mol. The van der Waals surface area contributed by atoms with Crippen LogP contribution in [0.2, 0.25) is 0 Å². The number of nitrogens with one attached hydrogen (secondary N) is 1. The molecule has 0 aromatic heterocycles. The molecule has 4 heteroatoms. The van der Waals surface area contributed by atoms with Crippen molar-refractivity contribution in [3.05, 3.63) is 29.3 Å². The van der Waals surface area contributed by atoms with Gasteiger partial charge in [0, 0.05) is 25.3 Å². The molecule has 0 atom stereocenters. The van der Waals surface area contributed by atoms with Gasteiger partial charge in [-0.3, -0.25) is 0 Å². The van der Waals surface area contributed by atoms with Crippen LogP contribution in [-0.2, 0) is 9.84 Å². The highest BCUT2D eigenvalue weighted by Gasteiger charge is 2.26. The normalized spacial score (nSPS) is 21.5. The highest BCUT2D eigenvalue weighted by atomic mass is 32.2. The molecule has 0 spiro atoms. The Balaban J connectivity index is 2.03. The molecule has 1 aliphatic carbocycles. The van der Waals surface area contributed by atoms with Gasteiger partial charge in [0.1, 0.15) is 0 Å². The lowest BCUT2D eigenvalue weighted by Crippen LogP contribution is -2.39. The van der Waals surface area contributed by atoms with E-state index < -0.39 is 9.84 Å². The van der Waals surface area contributed by atoms with E-state index in [9.17, 15) is 8.42 Å². The first-order valence-corrected chi connectivity index (χ1v) is 8.99. The van der Waals surface area contributed by atoms with Crippen LogP contribution < -0.4 is 5.32 Å². The summed E-state index contributed by atoms with van der Waals surface area (Å²) in [6.45, 7) is 1.93. The van der Waals surface area contributed by atoms with Gasteiger partial charge >= 0.3 is 0 Å². The number of hydrogen-bond donors (Lipinski definition) is 1. The highest BCUT2D eigenvalue weighted by molar-refractivity contribution is 7.90. The average Bonchev–Trinajstić information content (AvgIpc) is 2.78. The summed E-state index contributed by atoms with van der Waals surface area (Å²) < 4.78 is 24.2. The van der Waals surface area contributed by atoms with Gasteiger partial charge in [0.2, 0.25) is 0 Å². The van der Waals surface area contributed by atoms with Gasteiger partial charge in [-0.25, -0.2) is 8.42 Å². The van der Waals surface area contributed by atoms with Gasteiger partial charge in [-0.2, -0.15) is 0 Å². The van der Waals surface area contributed by atoms with Crippen LogP contribution in [0.5, 0.6) is 0 Å². The molecule has 0 amide bonds. The molecule has 1 aromatic carbocycles. The Morgan fingerprint density at radius 1 is 1.11 bits per heavy atom. The van der Waals surface area contributed by atoms with Crippen LogP contribution in [-0.4, -0.2) is 27.8 Å². The van der Waals surface area contributed by atoms with E-state index in [1.54, 1.807) is 0 Å². The van der Waals surface area contributed by atoms with E-state index in [0.717, 1.165) is 31.5 Å². The fourth-order valence-electron chi connectivity index (χ4n) is 3.22. The highest BCUT2D eigenvalue weighted by Crippen LogP contribution is 2.38. The zero-order valence-electron chi connectivity index (χ0n) is 11.4. The van der Waals surface area contributed by atoms with E-state index in [0.29, 0.717) is 16.7 Å². The zero-order chi connectivity index (χ0) is 13.5. The molecule has 0 unspecified atom stereocenters. The molecule has 1 N–H and O–H groups in total. The maximum Gasteiger partial charge on any atom is 0.175 e. The Labute approximate surface area is 115 Å². The first kappa shape index (κ1) is 13.1. The van der Waals surface area contributed by atoms with Crippen molar-refractivity contribution in [1.29, 1.82) is 0 Å². The Hall–Kier alpha value is -0.870. The van der Waals surface area contributed by atoms with Crippen LogP contribution in [0.3, 0.4) is 0 Å². The second-order valence-electron chi connectivity index (χ2n) is 5.91. The molecular formula is C15H21NO2S. The van der Waals surface area contributed by atoms with Gasteiger partial charge < -0.3 is 5.32 Å². The third-order valence-electron chi connectivity index (χ3n) is 4.48. The molecule has 1 saturated carbocycles. The van der Waals surface area contributed by atoms with Gasteiger partial charge in [0.05, 0.1) is 4.90 Å². The standard InChI is InChI=1S/C15H21NO2S/c1-19(17,18)15-8-12(13-9-16-10-13)6-7-14(15)11-4-2-3-5-11/h6-8,11,13,16H,2-5,9-10H2,1H3. The summed E-state index contributed by atoms with van der Waals surface area (Å²) in [5, 5.41) is 3.24. The summed E-state index contributed by atoms with van der Waals surface area (Å²) in [6.07, 6.45) is 6.05. The van der Waals surface area contributed by atoms with E-state index in [1.165, 1.54) is 24.7 Å². The number of rotatable bonds is 3. The van der Waals surface area contributed by atoms with Crippen molar-refractivity contribution in [2.75, 3.05) is 19.3 Å². The van der Waals surface area contributed by atoms with Crippen LogP contribution in [0.15, 0.2) is 23.1 Å². The second kappa shape index (κ2) is 4.91. The third-order valence-corrected chi connectivity index (χ3v) is 5.64. The van der Waals surface area contributed by atoms with Crippen molar-refractivity contribution in [2.24, 2.45) is 0 Å². The van der Waals surface area contributed by atoms with Crippen molar-refractivity contribution in [1.82, 2.24) is 5.32 Å². The second-order valence-corrected chi connectivity index (χ2v) is 7.89. The molecule has 0 bridgehead atoms. The minimum Gasteiger partial charge on any atom is -0.315 e. The van der Waals surface area contributed by atoms with Crippen LogP contribution >= 0.6 is 0 Å². The first-order valence-electron chi connectivity index (χ1n) is 7.10. The van der Waals surface area contributed by atoms with Crippen LogP contribution in [0.4, 0.5) is 0 Å². The lowest BCUT2D eigenvalue weighted by molar-refractivity contribution is 0.447. The Bertz CT molecular complexity index is 570. The lowest BCUT2D eigenvalue weighted by Gasteiger charge is -2.28. The number of benzene rings is 1. The molecule has 1 saturated heterocycles. The Morgan fingerprint density at radius 3 is 2.32 bits per heavy atom. The molecule has 3 rings (SSSR count). The van der Waals surface area contributed by atoms with E-state index in [-0.39, 0.29) is 0 Å². The maximum absolute atomic E-state index is 12.1. The molecule has 2 aliphatic rings. The smallest absolute Gasteiger partial charge is 0.175 e. The van der Waals surface area contributed by atoms with Crippen LogP contribution in [0.1, 0.15) is 48.6 Å². The fraction of sp³-hybridized carbons (Fsp3) is 0.600. The van der Waals surface area contributed by atoms with Crippen LogP contribution in [0.25, 0.3) is 0 Å². The molecule has 19 heavy (non-hydrogen) atoms. The summed E-state index contributed by atoms with van der Waals surface area (Å²) in [4.78, 5) is 0.573. The lowest BCUT2D eigenvalue weighted by atomic mass is 9.90. The minimum absolute atomic E-state index is 0.443. The van der Waals surface area contributed by atoms with Gasteiger partial charge in [0.25, 0.3) is 0 Å². The zero-order valence-corrected chi connectivity index (χ0v) is 12.2. The maximum atomic E-state index is 12.1. The molecule has 3 nitrogen and oxygen atoms in total. The molecule has 1 aromatic rings. The van der Waals surface area contributed by atoms with E-state index in [4.69, 9.17) is 0 Å². The quantitative estimate of drug-likeness (QED) is 0.924. The molecule has 0 radical (unpaired) electrons.